The highest BCUT2D eigenvalue weighted by atomic mass is 35.5. The highest BCUT2D eigenvalue weighted by Crippen LogP contribution is 2.28. The molecule has 0 aliphatic heterocycles. The lowest BCUT2D eigenvalue weighted by molar-refractivity contribution is 0.219. The molecule has 94 valence electrons. The van der Waals surface area contributed by atoms with Crippen molar-refractivity contribution in [1.82, 2.24) is 0 Å². The Labute approximate surface area is 113 Å². The van der Waals surface area contributed by atoms with Crippen LogP contribution in [-0.2, 0) is 0 Å². The first-order valence-electron chi connectivity index (χ1n) is 6.00. The van der Waals surface area contributed by atoms with Crippen LogP contribution in [0.4, 0.5) is 0 Å². The van der Waals surface area contributed by atoms with Crippen LogP contribution in [0.2, 0.25) is 5.02 Å². The van der Waals surface area contributed by atoms with Gasteiger partial charge in [-0.05, 0) is 60.7 Å². The van der Waals surface area contributed by atoms with Crippen LogP contribution in [0.25, 0.3) is 0 Å². The van der Waals surface area contributed by atoms with Gasteiger partial charge in [-0.15, -0.1) is 0 Å². The van der Waals surface area contributed by atoms with E-state index in [9.17, 15) is 5.11 Å². The van der Waals surface area contributed by atoms with E-state index in [1.54, 1.807) is 6.07 Å². The fraction of sp³-hybridized carbons (Fsp3) is 0.250. The molecule has 1 N–H and O–H groups in total. The van der Waals surface area contributed by atoms with Gasteiger partial charge in [0.2, 0.25) is 0 Å². The first-order valence-corrected chi connectivity index (χ1v) is 6.38. The van der Waals surface area contributed by atoms with Crippen molar-refractivity contribution in [2.24, 2.45) is 0 Å². The van der Waals surface area contributed by atoms with Crippen LogP contribution in [0.3, 0.4) is 0 Å². The predicted octanol–water partition coefficient (Wildman–Crippen LogP) is 4.35. The summed E-state index contributed by atoms with van der Waals surface area (Å²) in [6.07, 6.45) is -0.622. The summed E-state index contributed by atoms with van der Waals surface area (Å²) in [5.41, 5.74) is 5.31. The summed E-state index contributed by atoms with van der Waals surface area (Å²) in [5.74, 6) is 0. The fourth-order valence-corrected chi connectivity index (χ4v) is 2.33. The summed E-state index contributed by atoms with van der Waals surface area (Å²) in [6, 6.07) is 11.5. The second kappa shape index (κ2) is 5.13. The van der Waals surface area contributed by atoms with E-state index < -0.39 is 6.10 Å². The third kappa shape index (κ3) is 2.58. The number of aryl methyl sites for hydroxylation is 3. The van der Waals surface area contributed by atoms with Gasteiger partial charge < -0.3 is 5.11 Å². The molecule has 1 atom stereocenters. The molecule has 2 aromatic rings. The molecule has 2 aromatic carbocycles. The molecule has 0 saturated heterocycles. The van der Waals surface area contributed by atoms with E-state index in [-0.39, 0.29) is 0 Å². The van der Waals surface area contributed by atoms with Crippen molar-refractivity contribution in [3.63, 3.8) is 0 Å². The van der Waals surface area contributed by atoms with Gasteiger partial charge in [0.15, 0.2) is 0 Å². The van der Waals surface area contributed by atoms with Crippen molar-refractivity contribution in [3.05, 3.63) is 69.2 Å². The van der Waals surface area contributed by atoms with Crippen molar-refractivity contribution in [1.29, 1.82) is 0 Å². The van der Waals surface area contributed by atoms with Gasteiger partial charge in [-0.2, -0.15) is 0 Å². The lowest BCUT2D eigenvalue weighted by atomic mass is 9.94. The normalized spacial score (nSPS) is 12.5. The Morgan fingerprint density at radius 1 is 0.944 bits per heavy atom. The third-order valence-electron chi connectivity index (χ3n) is 3.34. The largest absolute Gasteiger partial charge is 0.384 e. The number of halogens is 1. The first kappa shape index (κ1) is 13.1. The lowest BCUT2D eigenvalue weighted by Crippen LogP contribution is -2.03. The minimum absolute atomic E-state index is 0.622. The van der Waals surface area contributed by atoms with Crippen molar-refractivity contribution >= 4 is 11.6 Å². The maximum Gasteiger partial charge on any atom is 0.104 e. The Kier molecular flexibility index (Phi) is 3.74. The number of rotatable bonds is 2. The van der Waals surface area contributed by atoms with Crippen LogP contribution < -0.4 is 0 Å². The van der Waals surface area contributed by atoms with E-state index in [0.717, 1.165) is 16.7 Å². The third-order valence-corrected chi connectivity index (χ3v) is 3.58. The number of aliphatic hydroxyl groups excluding tert-OH is 1. The highest BCUT2D eigenvalue weighted by molar-refractivity contribution is 6.30. The van der Waals surface area contributed by atoms with Gasteiger partial charge in [-0.1, -0.05) is 35.9 Å². The summed E-state index contributed by atoms with van der Waals surface area (Å²) in [4.78, 5) is 0. The van der Waals surface area contributed by atoms with E-state index in [2.05, 4.69) is 26.0 Å². The van der Waals surface area contributed by atoms with E-state index in [4.69, 9.17) is 11.6 Å². The van der Waals surface area contributed by atoms with Crippen LogP contribution in [-0.4, -0.2) is 5.11 Å². The summed E-state index contributed by atoms with van der Waals surface area (Å²) < 4.78 is 0. The Hall–Kier alpha value is -1.31. The maximum absolute atomic E-state index is 10.5. The Morgan fingerprint density at radius 3 is 2.28 bits per heavy atom. The van der Waals surface area contributed by atoms with Crippen LogP contribution in [0.1, 0.15) is 33.9 Å². The minimum atomic E-state index is -0.622. The van der Waals surface area contributed by atoms with Crippen LogP contribution in [0.15, 0.2) is 36.4 Å². The van der Waals surface area contributed by atoms with Crippen LogP contribution in [0.5, 0.6) is 0 Å². The number of aliphatic hydroxyl groups is 1. The molecule has 0 amide bonds. The second-order valence-corrected chi connectivity index (χ2v) is 5.19. The van der Waals surface area contributed by atoms with E-state index in [1.165, 1.54) is 11.1 Å². The zero-order valence-electron chi connectivity index (χ0n) is 10.9. The van der Waals surface area contributed by atoms with Crippen LogP contribution in [0, 0.1) is 20.8 Å². The summed E-state index contributed by atoms with van der Waals surface area (Å²) >= 11 is 5.96. The number of hydrogen-bond acceptors (Lipinski definition) is 1. The quantitative estimate of drug-likeness (QED) is 0.851. The van der Waals surface area contributed by atoms with Crippen molar-refractivity contribution < 1.29 is 5.11 Å². The topological polar surface area (TPSA) is 20.2 Å². The average Bonchev–Trinajstić information content (AvgIpc) is 2.33. The second-order valence-electron chi connectivity index (χ2n) is 4.75. The molecule has 1 nitrogen and oxygen atoms in total. The van der Waals surface area contributed by atoms with Gasteiger partial charge in [0.25, 0.3) is 0 Å². The molecule has 0 heterocycles. The molecule has 0 bridgehead atoms. The zero-order chi connectivity index (χ0) is 13.3. The minimum Gasteiger partial charge on any atom is -0.384 e. The first-order chi connectivity index (χ1) is 8.49. The summed E-state index contributed by atoms with van der Waals surface area (Å²) in [7, 11) is 0. The molecular formula is C16H17ClO. The maximum atomic E-state index is 10.5. The summed E-state index contributed by atoms with van der Waals surface area (Å²) in [6.45, 7) is 6.16. The molecule has 2 rings (SSSR count). The Bertz CT molecular complexity index is 575. The van der Waals surface area contributed by atoms with Crippen molar-refractivity contribution in [2.45, 2.75) is 26.9 Å². The highest BCUT2D eigenvalue weighted by Gasteiger charge is 2.14. The molecule has 0 aliphatic rings. The van der Waals surface area contributed by atoms with Gasteiger partial charge in [0.1, 0.15) is 6.10 Å². The van der Waals surface area contributed by atoms with Gasteiger partial charge >= 0.3 is 0 Å². The predicted molar refractivity (Wildman–Crippen MR) is 76.2 cm³/mol. The molecule has 0 radical (unpaired) electrons. The molecule has 2 heteroatoms. The molecule has 0 aromatic heterocycles. The molecule has 0 aliphatic carbocycles. The average molecular weight is 261 g/mol. The Morgan fingerprint density at radius 2 is 1.61 bits per heavy atom. The van der Waals surface area contributed by atoms with Crippen molar-refractivity contribution in [3.8, 4) is 0 Å². The number of hydrogen-bond donors (Lipinski definition) is 1. The van der Waals surface area contributed by atoms with E-state index in [0.29, 0.717) is 5.02 Å². The van der Waals surface area contributed by atoms with Crippen molar-refractivity contribution in [2.75, 3.05) is 0 Å². The van der Waals surface area contributed by atoms with Gasteiger partial charge in [-0.3, -0.25) is 0 Å². The molecule has 0 saturated carbocycles. The molecule has 0 fully saturated rings. The van der Waals surface area contributed by atoms with E-state index in [1.807, 2.05) is 25.1 Å². The standard InChI is InChI=1S/C16H17ClO/c1-10-7-12(3)15(8-11(10)2)16(18)13-5-4-6-14(17)9-13/h4-9,16,18H,1-3H3. The smallest absolute Gasteiger partial charge is 0.104 e. The van der Waals surface area contributed by atoms with Crippen LogP contribution >= 0.6 is 11.6 Å². The summed E-state index contributed by atoms with van der Waals surface area (Å²) in [5, 5.41) is 11.1. The van der Waals surface area contributed by atoms with E-state index >= 15 is 0 Å². The molecule has 18 heavy (non-hydrogen) atoms. The zero-order valence-corrected chi connectivity index (χ0v) is 11.6. The Balaban J connectivity index is 2.46. The number of benzene rings is 2. The van der Waals surface area contributed by atoms with Gasteiger partial charge in [0, 0.05) is 5.02 Å². The molecule has 0 spiro atoms. The molecule has 1 unspecified atom stereocenters. The van der Waals surface area contributed by atoms with Gasteiger partial charge in [0.05, 0.1) is 0 Å². The SMILES string of the molecule is Cc1cc(C)c(C(O)c2cccc(Cl)c2)cc1C. The molecular weight excluding hydrogens is 244 g/mol. The fourth-order valence-electron chi connectivity index (χ4n) is 2.13. The van der Waals surface area contributed by atoms with Gasteiger partial charge in [-0.25, -0.2) is 0 Å². The monoisotopic (exact) mass is 260 g/mol. The lowest BCUT2D eigenvalue weighted by Gasteiger charge is -2.16.